The fourth-order valence-electron chi connectivity index (χ4n) is 2.62. The number of benzene rings is 2. The smallest absolute Gasteiger partial charge is 0.338 e. The topological polar surface area (TPSA) is 96.6 Å². The van der Waals surface area contributed by atoms with Crippen LogP contribution in [0.5, 0.6) is 11.5 Å². The number of esters is 1. The summed E-state index contributed by atoms with van der Waals surface area (Å²) < 4.78 is 34.2. The summed E-state index contributed by atoms with van der Waals surface area (Å²) in [7, 11) is 0. The van der Waals surface area contributed by atoms with Crippen LogP contribution in [0.1, 0.15) is 32.8 Å². The Morgan fingerprint density at radius 2 is 1.66 bits per heavy atom. The van der Waals surface area contributed by atoms with Crippen LogP contribution in [0.2, 0.25) is 0 Å². The first-order chi connectivity index (χ1) is 15.5. The van der Waals surface area contributed by atoms with Gasteiger partial charge < -0.3 is 18.7 Å². The van der Waals surface area contributed by atoms with Gasteiger partial charge in [-0.05, 0) is 48.5 Å². The van der Waals surface area contributed by atoms with Gasteiger partial charge in [0.25, 0.3) is 0 Å². The summed E-state index contributed by atoms with van der Waals surface area (Å²) in [5.41, 5.74) is 1.01. The van der Waals surface area contributed by atoms with E-state index >= 15 is 0 Å². The van der Waals surface area contributed by atoms with E-state index in [1.54, 1.807) is 48.7 Å². The molecule has 0 aliphatic rings. The van der Waals surface area contributed by atoms with Gasteiger partial charge in [0, 0.05) is 12.3 Å². The van der Waals surface area contributed by atoms with Gasteiger partial charge in [0.1, 0.15) is 35.5 Å². The number of thiazole rings is 1. The van der Waals surface area contributed by atoms with Crippen LogP contribution in [-0.4, -0.2) is 21.1 Å². The standard InChI is InChI=1S/C22H18FN3O5S/c1-14-24-20(26-31-14)11-28-18-6-2-15(3-7-18)22(27)30-10-17-13-32-21(25-17)12-29-19-8-4-16(23)5-9-19/h2-9,13H,10-12H2,1H3. The molecule has 0 saturated heterocycles. The third-order valence-electron chi connectivity index (χ3n) is 4.15. The second-order valence-corrected chi connectivity index (χ2v) is 7.54. The maximum atomic E-state index is 12.9. The molecule has 10 heteroatoms. The molecule has 32 heavy (non-hydrogen) atoms. The summed E-state index contributed by atoms with van der Waals surface area (Å²) in [4.78, 5) is 20.7. The van der Waals surface area contributed by atoms with Gasteiger partial charge in [-0.25, -0.2) is 14.2 Å². The lowest BCUT2D eigenvalue weighted by molar-refractivity contribution is 0.0468. The molecule has 0 fully saturated rings. The number of ether oxygens (including phenoxy) is 3. The molecule has 8 nitrogen and oxygen atoms in total. The molecule has 2 heterocycles. The summed E-state index contributed by atoms with van der Waals surface area (Å²) in [6, 6.07) is 12.3. The van der Waals surface area contributed by atoms with E-state index in [4.69, 9.17) is 18.7 Å². The van der Waals surface area contributed by atoms with Crippen LogP contribution < -0.4 is 9.47 Å². The minimum Gasteiger partial charge on any atom is -0.486 e. The van der Waals surface area contributed by atoms with Gasteiger partial charge in [-0.3, -0.25) is 0 Å². The highest BCUT2D eigenvalue weighted by molar-refractivity contribution is 7.09. The average Bonchev–Trinajstić information content (AvgIpc) is 3.44. The lowest BCUT2D eigenvalue weighted by atomic mass is 10.2. The largest absolute Gasteiger partial charge is 0.486 e. The van der Waals surface area contributed by atoms with E-state index in [1.165, 1.54) is 23.5 Å². The van der Waals surface area contributed by atoms with Gasteiger partial charge in [-0.2, -0.15) is 4.98 Å². The van der Waals surface area contributed by atoms with Crippen molar-refractivity contribution in [1.29, 1.82) is 0 Å². The number of nitrogens with zero attached hydrogens (tertiary/aromatic N) is 3. The number of hydrogen-bond acceptors (Lipinski definition) is 9. The monoisotopic (exact) mass is 455 g/mol. The fraction of sp³-hybridized carbons (Fsp3) is 0.182. The van der Waals surface area contributed by atoms with Crippen LogP contribution in [0.4, 0.5) is 4.39 Å². The molecule has 0 unspecified atom stereocenters. The molecule has 0 aliphatic carbocycles. The van der Waals surface area contributed by atoms with Crippen LogP contribution >= 0.6 is 11.3 Å². The summed E-state index contributed by atoms with van der Waals surface area (Å²) in [5, 5.41) is 6.27. The highest BCUT2D eigenvalue weighted by Gasteiger charge is 2.11. The van der Waals surface area contributed by atoms with Crippen molar-refractivity contribution in [3.8, 4) is 11.5 Å². The summed E-state index contributed by atoms with van der Waals surface area (Å²) in [6.45, 7) is 2.15. The third kappa shape index (κ3) is 5.88. The van der Waals surface area contributed by atoms with E-state index in [9.17, 15) is 9.18 Å². The van der Waals surface area contributed by atoms with Gasteiger partial charge >= 0.3 is 5.97 Å². The lowest BCUT2D eigenvalue weighted by Gasteiger charge is -2.06. The molecule has 0 spiro atoms. The van der Waals surface area contributed by atoms with Crippen LogP contribution in [0, 0.1) is 12.7 Å². The molecule has 164 valence electrons. The molecule has 2 aromatic carbocycles. The van der Waals surface area contributed by atoms with Gasteiger partial charge in [0.2, 0.25) is 11.7 Å². The second kappa shape index (κ2) is 10.0. The molecule has 0 aliphatic heterocycles. The molecule has 0 amide bonds. The van der Waals surface area contributed by atoms with E-state index in [0.29, 0.717) is 34.5 Å². The van der Waals surface area contributed by atoms with Crippen molar-refractivity contribution in [3.05, 3.63) is 87.7 Å². The van der Waals surface area contributed by atoms with E-state index in [0.717, 1.165) is 5.01 Å². The van der Waals surface area contributed by atoms with Crippen LogP contribution in [0.15, 0.2) is 58.4 Å². The van der Waals surface area contributed by atoms with Crippen molar-refractivity contribution in [2.75, 3.05) is 0 Å². The number of rotatable bonds is 9. The molecule has 4 aromatic rings. The van der Waals surface area contributed by atoms with Gasteiger partial charge in [-0.1, -0.05) is 5.16 Å². The van der Waals surface area contributed by atoms with E-state index in [-0.39, 0.29) is 25.6 Å². The van der Waals surface area contributed by atoms with Crippen molar-refractivity contribution in [2.24, 2.45) is 0 Å². The van der Waals surface area contributed by atoms with Crippen molar-refractivity contribution in [1.82, 2.24) is 15.1 Å². The van der Waals surface area contributed by atoms with E-state index < -0.39 is 5.97 Å². The normalized spacial score (nSPS) is 10.7. The Hall–Kier alpha value is -3.79. The number of carbonyl (C=O) groups excluding carboxylic acids is 1. The molecule has 0 saturated carbocycles. The highest BCUT2D eigenvalue weighted by atomic mass is 32.1. The minimum atomic E-state index is -0.470. The molecule has 0 radical (unpaired) electrons. The Labute approximate surface area is 186 Å². The van der Waals surface area contributed by atoms with E-state index in [2.05, 4.69) is 15.1 Å². The van der Waals surface area contributed by atoms with Crippen molar-refractivity contribution < 1.29 is 27.9 Å². The molecule has 0 N–H and O–H groups in total. The van der Waals surface area contributed by atoms with Crippen LogP contribution in [0.3, 0.4) is 0 Å². The quantitative estimate of drug-likeness (QED) is 0.341. The first-order valence-corrected chi connectivity index (χ1v) is 10.4. The summed E-state index contributed by atoms with van der Waals surface area (Å²) >= 11 is 1.39. The summed E-state index contributed by atoms with van der Waals surface area (Å²) in [5.74, 6) is 1.23. The molecular formula is C22H18FN3O5S. The zero-order valence-electron chi connectivity index (χ0n) is 17.0. The van der Waals surface area contributed by atoms with E-state index in [1.807, 2.05) is 0 Å². The van der Waals surface area contributed by atoms with Gasteiger partial charge in [-0.15, -0.1) is 11.3 Å². The summed E-state index contributed by atoms with van der Waals surface area (Å²) in [6.07, 6.45) is 0. The number of hydrogen-bond donors (Lipinski definition) is 0. The zero-order chi connectivity index (χ0) is 22.3. The SMILES string of the molecule is Cc1nc(COc2ccc(C(=O)OCc3csc(COc4ccc(F)cc4)n3)cc2)no1. The number of carbonyl (C=O) groups is 1. The predicted octanol–water partition coefficient (Wildman–Crippen LogP) is 4.49. The molecule has 2 aromatic heterocycles. The Morgan fingerprint density at radius 3 is 2.34 bits per heavy atom. The van der Waals surface area contributed by atoms with Crippen molar-refractivity contribution in [3.63, 3.8) is 0 Å². The third-order valence-corrected chi connectivity index (χ3v) is 5.03. The first-order valence-electron chi connectivity index (χ1n) is 9.56. The van der Waals surface area contributed by atoms with Gasteiger partial charge in [0.05, 0.1) is 11.3 Å². The Kier molecular flexibility index (Phi) is 6.71. The molecule has 0 bridgehead atoms. The van der Waals surface area contributed by atoms with Crippen molar-refractivity contribution >= 4 is 17.3 Å². The molecular weight excluding hydrogens is 437 g/mol. The molecule has 4 rings (SSSR count). The number of halogens is 1. The van der Waals surface area contributed by atoms with Crippen molar-refractivity contribution in [2.45, 2.75) is 26.7 Å². The minimum absolute atomic E-state index is 0.0430. The first kappa shape index (κ1) is 21.4. The number of aryl methyl sites for hydroxylation is 1. The van der Waals surface area contributed by atoms with Gasteiger partial charge in [0.15, 0.2) is 6.61 Å². The zero-order valence-corrected chi connectivity index (χ0v) is 17.8. The van der Waals surface area contributed by atoms with Crippen LogP contribution in [-0.2, 0) is 24.6 Å². The van der Waals surface area contributed by atoms with Crippen LogP contribution in [0.25, 0.3) is 0 Å². The average molecular weight is 455 g/mol. The Balaban J connectivity index is 1.23. The maximum absolute atomic E-state index is 12.9. The Morgan fingerprint density at radius 1 is 0.969 bits per heavy atom. The number of aromatic nitrogens is 3. The maximum Gasteiger partial charge on any atom is 0.338 e. The predicted molar refractivity (Wildman–Crippen MR) is 112 cm³/mol. The second-order valence-electron chi connectivity index (χ2n) is 6.59. The Bertz CT molecular complexity index is 1180. The highest BCUT2D eigenvalue weighted by Crippen LogP contribution is 2.18. The molecule has 0 atom stereocenters. The fourth-order valence-corrected chi connectivity index (χ4v) is 3.31. The lowest BCUT2D eigenvalue weighted by Crippen LogP contribution is -2.06.